The molecule has 3 rings (SSSR count). The zero-order valence-electron chi connectivity index (χ0n) is 13.9. The van der Waals surface area contributed by atoms with Crippen molar-refractivity contribution in [3.63, 3.8) is 0 Å². The number of hydrogen-bond acceptors (Lipinski definition) is 7. The number of nitrogens with zero attached hydrogens (tertiary/aromatic N) is 1. The van der Waals surface area contributed by atoms with Crippen LogP contribution in [0.1, 0.15) is 0 Å². The summed E-state index contributed by atoms with van der Waals surface area (Å²) in [5.74, 6) is -0.682. The fraction of sp³-hybridized carbons (Fsp3) is 0.167. The Hall–Kier alpha value is -2.03. The van der Waals surface area contributed by atoms with E-state index in [0.717, 1.165) is 19.5 Å². The quantitative estimate of drug-likeness (QED) is 0.468. The molecule has 1 heterocycles. The maximum absolute atomic E-state index is 11.9. The molecule has 5 nitrogen and oxygen atoms in total. The van der Waals surface area contributed by atoms with Crippen LogP contribution in [0.15, 0.2) is 57.8 Å². The Balaban J connectivity index is 1.43. The number of thiazole rings is 1. The Bertz CT molecular complexity index is 894. The van der Waals surface area contributed by atoms with Gasteiger partial charge in [-0.1, -0.05) is 30.0 Å². The van der Waals surface area contributed by atoms with Crippen LogP contribution in [0.25, 0.3) is 10.2 Å². The molecule has 0 radical (unpaired) electrons. The molecule has 0 aliphatic heterocycles. The monoisotopic (exact) mass is 404 g/mol. The molecule has 0 bridgehead atoms. The highest BCUT2D eigenvalue weighted by atomic mass is 32.2. The molecule has 134 valence electrons. The minimum absolute atomic E-state index is 0.120. The topological polar surface area (TPSA) is 68.3 Å². The molecule has 0 aliphatic rings. The van der Waals surface area contributed by atoms with Crippen molar-refractivity contribution >= 4 is 62.6 Å². The Labute approximate surface area is 163 Å². The Morgan fingerprint density at radius 3 is 2.85 bits per heavy atom. The van der Waals surface area contributed by atoms with Gasteiger partial charge in [0.15, 0.2) is 10.9 Å². The fourth-order valence-corrected chi connectivity index (χ4v) is 4.44. The summed E-state index contributed by atoms with van der Waals surface area (Å²) in [5.41, 5.74) is 1.60. The lowest BCUT2D eigenvalue weighted by Gasteiger charge is -2.07. The van der Waals surface area contributed by atoms with Gasteiger partial charge in [-0.15, -0.1) is 23.1 Å². The van der Waals surface area contributed by atoms with Gasteiger partial charge in [0.05, 0.1) is 16.0 Å². The van der Waals surface area contributed by atoms with Crippen molar-refractivity contribution < 1.29 is 14.3 Å². The van der Waals surface area contributed by atoms with E-state index in [-0.39, 0.29) is 18.3 Å². The first-order chi connectivity index (χ1) is 12.6. The lowest BCUT2D eigenvalue weighted by molar-refractivity contribution is -0.144. The molecular formula is C18H16N2O3S3. The minimum Gasteiger partial charge on any atom is -0.455 e. The van der Waals surface area contributed by atoms with Crippen molar-refractivity contribution in [1.29, 1.82) is 0 Å². The van der Waals surface area contributed by atoms with Crippen molar-refractivity contribution in [2.45, 2.75) is 9.24 Å². The summed E-state index contributed by atoms with van der Waals surface area (Å²) in [6, 6.07) is 15.3. The highest BCUT2D eigenvalue weighted by Gasteiger charge is 2.11. The number of amides is 1. The molecule has 1 N–H and O–H groups in total. The summed E-state index contributed by atoms with van der Waals surface area (Å²) >= 11 is 4.43. The number of esters is 1. The summed E-state index contributed by atoms with van der Waals surface area (Å²) < 4.78 is 6.91. The van der Waals surface area contributed by atoms with Gasteiger partial charge >= 0.3 is 5.97 Å². The number of hydrogen-bond donors (Lipinski definition) is 1. The third-order valence-electron chi connectivity index (χ3n) is 3.31. The van der Waals surface area contributed by atoms with Crippen LogP contribution < -0.4 is 5.32 Å². The smallest absolute Gasteiger partial charge is 0.316 e. The number of fused-ring (bicyclic) bond motifs is 1. The van der Waals surface area contributed by atoms with E-state index in [2.05, 4.69) is 10.3 Å². The molecule has 0 saturated carbocycles. The van der Waals surface area contributed by atoms with Crippen molar-refractivity contribution in [3.8, 4) is 0 Å². The average Bonchev–Trinajstić information content (AvgIpc) is 3.08. The van der Waals surface area contributed by atoms with Crippen molar-refractivity contribution in [1.82, 2.24) is 4.98 Å². The molecule has 0 unspecified atom stereocenters. The summed E-state index contributed by atoms with van der Waals surface area (Å²) in [6.07, 6.45) is 1.96. The zero-order chi connectivity index (χ0) is 18.4. The maximum atomic E-state index is 11.9. The Morgan fingerprint density at radius 1 is 1.19 bits per heavy atom. The lowest BCUT2D eigenvalue weighted by Crippen LogP contribution is -2.21. The molecule has 1 aromatic heterocycles. The number of para-hydroxylation sites is 1. The van der Waals surface area contributed by atoms with Gasteiger partial charge in [-0.2, -0.15) is 0 Å². The number of carbonyl (C=O) groups excluding carboxylic acids is 2. The number of rotatable bonds is 7. The molecule has 0 aliphatic carbocycles. The van der Waals surface area contributed by atoms with E-state index in [0.29, 0.717) is 5.69 Å². The lowest BCUT2D eigenvalue weighted by atomic mass is 10.3. The van der Waals surface area contributed by atoms with E-state index >= 15 is 0 Å². The highest BCUT2D eigenvalue weighted by Crippen LogP contribution is 2.29. The molecule has 26 heavy (non-hydrogen) atoms. The second-order valence-corrected chi connectivity index (χ2v) is 8.31. The zero-order valence-corrected chi connectivity index (χ0v) is 16.4. The third-order valence-corrected chi connectivity index (χ3v) is 6.18. The van der Waals surface area contributed by atoms with Gasteiger partial charge in [0, 0.05) is 10.6 Å². The standard InChI is InChI=1S/C18H16N2O3S3/c1-24-13-6-4-5-12(9-13)19-16(21)10-23-17(22)11-25-18-20-14-7-2-3-8-15(14)26-18/h2-9H,10-11H2,1H3,(H,19,21). The van der Waals surface area contributed by atoms with Gasteiger partial charge in [0.25, 0.3) is 5.91 Å². The number of carbonyl (C=O) groups is 2. The van der Waals surface area contributed by atoms with E-state index < -0.39 is 5.97 Å². The Kier molecular flexibility index (Phi) is 6.54. The molecule has 0 saturated heterocycles. The molecule has 3 aromatic rings. The summed E-state index contributed by atoms with van der Waals surface area (Å²) in [6.45, 7) is -0.303. The summed E-state index contributed by atoms with van der Waals surface area (Å²) in [7, 11) is 0. The van der Waals surface area contributed by atoms with Gasteiger partial charge < -0.3 is 10.1 Å². The molecular weight excluding hydrogens is 388 g/mol. The predicted octanol–water partition coefficient (Wildman–Crippen LogP) is 4.29. The maximum Gasteiger partial charge on any atom is 0.316 e. The van der Waals surface area contributed by atoms with Gasteiger partial charge in [-0.3, -0.25) is 9.59 Å². The largest absolute Gasteiger partial charge is 0.455 e. The van der Waals surface area contributed by atoms with Crippen LogP contribution in [0.4, 0.5) is 5.69 Å². The third kappa shape index (κ3) is 5.23. The Morgan fingerprint density at radius 2 is 2.04 bits per heavy atom. The van der Waals surface area contributed by atoms with Gasteiger partial charge in [-0.25, -0.2) is 4.98 Å². The molecule has 0 spiro atoms. The number of nitrogens with one attached hydrogen (secondary N) is 1. The van der Waals surface area contributed by atoms with Crippen LogP contribution in [0.2, 0.25) is 0 Å². The van der Waals surface area contributed by atoms with Crippen LogP contribution >= 0.6 is 34.9 Å². The molecule has 0 atom stereocenters. The summed E-state index contributed by atoms with van der Waals surface area (Å²) in [4.78, 5) is 29.2. The first-order valence-corrected chi connectivity index (χ1v) is 10.7. The normalized spacial score (nSPS) is 10.7. The van der Waals surface area contributed by atoms with Crippen LogP contribution in [0, 0.1) is 0 Å². The molecule has 2 aromatic carbocycles. The van der Waals surface area contributed by atoms with E-state index in [1.165, 1.54) is 23.1 Å². The van der Waals surface area contributed by atoms with Gasteiger partial charge in [0.1, 0.15) is 0 Å². The van der Waals surface area contributed by atoms with Gasteiger partial charge in [0.2, 0.25) is 0 Å². The van der Waals surface area contributed by atoms with E-state index in [1.807, 2.05) is 48.7 Å². The van der Waals surface area contributed by atoms with Gasteiger partial charge in [-0.05, 0) is 36.6 Å². The minimum atomic E-state index is -0.442. The number of thioether (sulfide) groups is 2. The van der Waals surface area contributed by atoms with Crippen molar-refractivity contribution in [2.24, 2.45) is 0 Å². The molecule has 8 heteroatoms. The van der Waals surface area contributed by atoms with E-state index in [4.69, 9.17) is 4.74 Å². The number of benzene rings is 2. The van der Waals surface area contributed by atoms with Crippen LogP contribution in [0.3, 0.4) is 0 Å². The van der Waals surface area contributed by atoms with Crippen LogP contribution in [0.5, 0.6) is 0 Å². The number of anilines is 1. The second-order valence-electron chi connectivity index (χ2n) is 5.18. The van der Waals surface area contributed by atoms with E-state index in [9.17, 15) is 9.59 Å². The predicted molar refractivity (Wildman–Crippen MR) is 108 cm³/mol. The molecule has 1 amide bonds. The van der Waals surface area contributed by atoms with Crippen molar-refractivity contribution in [2.75, 3.05) is 23.9 Å². The van der Waals surface area contributed by atoms with Crippen LogP contribution in [-0.4, -0.2) is 35.5 Å². The first kappa shape index (κ1) is 18.8. The fourth-order valence-electron chi connectivity index (χ4n) is 2.12. The first-order valence-electron chi connectivity index (χ1n) is 7.72. The number of ether oxygens (including phenoxy) is 1. The summed E-state index contributed by atoms with van der Waals surface area (Å²) in [5, 5.41) is 2.72. The molecule has 0 fully saturated rings. The average molecular weight is 405 g/mol. The highest BCUT2D eigenvalue weighted by molar-refractivity contribution is 8.01. The van der Waals surface area contributed by atoms with E-state index in [1.54, 1.807) is 17.8 Å². The second kappa shape index (κ2) is 9.07. The van der Waals surface area contributed by atoms with Crippen molar-refractivity contribution in [3.05, 3.63) is 48.5 Å². The van der Waals surface area contributed by atoms with Crippen LogP contribution in [-0.2, 0) is 14.3 Å². The SMILES string of the molecule is CSc1cccc(NC(=O)COC(=O)CSc2nc3ccccc3s2)c1. The number of aromatic nitrogens is 1.